The zero-order valence-electron chi connectivity index (χ0n) is 81.0. The minimum atomic E-state index is -0.912. The van der Waals surface area contributed by atoms with Crippen LogP contribution < -0.4 is 49.1 Å². The van der Waals surface area contributed by atoms with Crippen molar-refractivity contribution in [1.29, 1.82) is 0 Å². The summed E-state index contributed by atoms with van der Waals surface area (Å²) in [7, 11) is 11.0. The number of aliphatic carboxylic acids is 2. The standard InChI is InChI=1S/C22H28N4O6.C21H26N4O6.C14H15N3O3.C13H13N3O3.2C9H16O4.C4H11NO.C4H4O3.ClH/c1-25-20(29)10-7-17(22(25)31)26-13-15-14(21(26)30)5-3-6-16(15)24-19(28)9-8-18(27)23-11-4-12-32-2;1-31-11-3-10-22-17(26)8-9-18(27)23-15-5-2-4-13-14(15)12-25(21(13)30)16-6-7-19(28)24-20(16)29;1-16-12(18)6-5-11(14(16)20)17-7-9-8(13(17)19)3-2-4-10(9)15;14-9-3-1-2-7-8(9)6-16(13(7)19)10-4-5-11(17)15-12(10)18;2*1-13-7-3-2-4-8(10)5-6-9(11)12;1-6-4-2-3-5;5-3-1-2-4(6)7-3;/h3,5-6,17H,4,7-13H2,1-2H3,(H,23,27)(H,24,28);2,4-5,16H,3,6-12H2,1H3,(H,22,26)(H,23,27)(H,24,28,29);2-4,11H,5-7,15H2,1H3;1-3,10H,4-6,14H2,(H,15,17,18);2*2-7H2,1H3,(H,11,12);2-5H2,1H3;1-2H2;1H. The van der Waals surface area contributed by atoms with Crippen LogP contribution in [0.25, 0.3) is 0 Å². The Balaban J connectivity index is 0.000000300. The van der Waals surface area contributed by atoms with Crippen molar-refractivity contribution in [2.45, 2.75) is 224 Å². The number of amides is 16. The zero-order valence-corrected chi connectivity index (χ0v) is 81.8. The number of carboxylic acid groups (broad SMARTS) is 2. The minimum absolute atomic E-state index is 0. The van der Waals surface area contributed by atoms with Gasteiger partial charge < -0.3 is 96.7 Å². The number of hydrogen-bond donors (Lipinski definition) is 11. The molecule has 5 fully saturated rings. The van der Waals surface area contributed by atoms with E-state index in [2.05, 4.69) is 36.6 Å². The van der Waals surface area contributed by atoms with Gasteiger partial charge in [-0.15, -0.1) is 12.4 Å². The van der Waals surface area contributed by atoms with Crippen molar-refractivity contribution in [2.75, 3.05) is 124 Å². The van der Waals surface area contributed by atoms with Crippen molar-refractivity contribution < 1.29 is 144 Å². The normalized spacial score (nSPS) is 17.3. The van der Waals surface area contributed by atoms with Crippen molar-refractivity contribution in [1.82, 2.24) is 50.7 Å². The summed E-state index contributed by atoms with van der Waals surface area (Å²) >= 11 is 0. The number of unbranched alkanes of at least 4 members (excludes halogenated alkanes) is 2. The van der Waals surface area contributed by atoms with E-state index in [1.54, 1.807) is 108 Å². The van der Waals surface area contributed by atoms with Crippen LogP contribution in [0.4, 0.5) is 22.7 Å². The topological polar surface area (TPSA) is 641 Å². The molecule has 4 aromatic carbocycles. The number of cyclic esters (lactones) is 2. The Kier molecular flexibility index (Phi) is 51.6. The second-order valence-corrected chi connectivity index (χ2v) is 33.5. The summed E-state index contributed by atoms with van der Waals surface area (Å²) < 4.78 is 28.2. The van der Waals surface area contributed by atoms with Crippen LogP contribution in [0.1, 0.15) is 237 Å². The van der Waals surface area contributed by atoms with Gasteiger partial charge in [0, 0.05) is 266 Å². The summed E-state index contributed by atoms with van der Waals surface area (Å²) in [5.74, 6) is -7.37. The van der Waals surface area contributed by atoms with E-state index in [0.29, 0.717) is 147 Å². The fourth-order valence-electron chi connectivity index (χ4n) is 15.5. The number of ketones is 2. The number of halogens is 1. The molecule has 4 atom stereocenters. The number of piperidine rings is 4. The zero-order chi connectivity index (χ0) is 104. The molecule has 9 aliphatic rings. The highest BCUT2D eigenvalue weighted by Gasteiger charge is 2.46. The Morgan fingerprint density at radius 3 is 1.00 bits per heavy atom. The van der Waals surface area contributed by atoms with Crippen molar-refractivity contribution in [3.63, 3.8) is 0 Å². The van der Waals surface area contributed by atoms with Crippen molar-refractivity contribution in [3.8, 4) is 0 Å². The third-order valence-electron chi connectivity index (χ3n) is 23.3. The van der Waals surface area contributed by atoms with Crippen molar-refractivity contribution >= 4 is 165 Å². The highest BCUT2D eigenvalue weighted by Crippen LogP contribution is 2.37. The maximum Gasteiger partial charge on any atom is 0.314 e. The molecule has 0 aliphatic carbocycles. The summed E-state index contributed by atoms with van der Waals surface area (Å²) in [5, 5.41) is 32.1. The Hall–Kier alpha value is -13.7. The lowest BCUT2D eigenvalue weighted by molar-refractivity contribution is -0.153. The second kappa shape index (κ2) is 61.8. The largest absolute Gasteiger partial charge is 0.481 e. The number of likely N-dealkylation sites (N-methyl/N-ethyl adjacent to an activating group) is 2. The number of carbonyl (C=O) groups is 22. The van der Waals surface area contributed by atoms with E-state index in [0.717, 1.165) is 66.2 Å². The van der Waals surface area contributed by atoms with E-state index in [1.165, 1.54) is 33.7 Å². The Morgan fingerprint density at radius 1 is 0.380 bits per heavy atom. The molecule has 46 heteroatoms. The number of anilines is 4. The van der Waals surface area contributed by atoms with E-state index >= 15 is 0 Å². The van der Waals surface area contributed by atoms with Gasteiger partial charge in [-0.05, 0) is 126 Å². The molecule has 0 radical (unpaired) electrons. The van der Waals surface area contributed by atoms with Crippen LogP contribution in [0, 0.1) is 0 Å². The number of ether oxygens (including phenoxy) is 6. The number of hydrogen-bond acceptors (Lipinski definition) is 31. The number of esters is 2. The molecular formula is C96H130ClN15O30. The molecule has 4 aromatic rings. The number of nitrogens with zero attached hydrogens (tertiary/aromatic N) is 6. The summed E-state index contributed by atoms with van der Waals surface area (Å²) in [5.41, 5.74) is 23.7. The molecule has 0 saturated carbocycles. The Labute approximate surface area is 827 Å². The van der Waals surface area contributed by atoms with Crippen LogP contribution in [0.3, 0.4) is 0 Å². The average Bonchev–Trinajstić information content (AvgIpc) is 1.62. The SMILES string of the molecule is CN1C(=O)CCC(N2Cc3c(N)cccc3C2=O)C1=O.COCCCCC(=O)CCC(=O)O.COCCCCC(=O)CCC(=O)O.COCCCN.COCCCNC(=O)CCC(=O)Nc1cccc2c1CN(C1CCC(=O)N(C)C1=O)C2=O.COCCCNC(=O)CCC(=O)Nc1cccc2c1CN(C1CCC(=O)NC1=O)C2=O.Cl.Nc1cccc2c1CN(C1CCC(=O)NC1=O)C2=O.O=C1CCC(=O)O1. The molecule has 16 amide bonds. The number of likely N-dealkylation sites (tertiary alicyclic amines) is 2. The first-order valence-corrected chi connectivity index (χ1v) is 46.3. The number of methoxy groups -OCH3 is 5. The van der Waals surface area contributed by atoms with Gasteiger partial charge in [0.2, 0.25) is 59.1 Å². The molecule has 5 saturated heterocycles. The number of benzene rings is 4. The molecule has 0 aromatic heterocycles. The molecule has 9 aliphatic heterocycles. The Bertz CT molecular complexity index is 5130. The first-order valence-electron chi connectivity index (χ1n) is 46.3. The van der Waals surface area contributed by atoms with Gasteiger partial charge >= 0.3 is 23.9 Å². The second-order valence-electron chi connectivity index (χ2n) is 33.5. The third-order valence-corrected chi connectivity index (χ3v) is 23.3. The lowest BCUT2D eigenvalue weighted by Gasteiger charge is -2.33. The predicted octanol–water partition coefficient (Wildman–Crippen LogP) is 4.11. The van der Waals surface area contributed by atoms with Crippen LogP contribution in [0.15, 0.2) is 72.8 Å². The molecule has 142 heavy (non-hydrogen) atoms. The maximum absolute atomic E-state index is 12.9. The van der Waals surface area contributed by atoms with Crippen LogP contribution in [-0.4, -0.2) is 296 Å². The van der Waals surface area contributed by atoms with E-state index in [-0.39, 0.29) is 217 Å². The first-order chi connectivity index (χ1) is 67.3. The molecule has 9 heterocycles. The molecule has 0 bridgehead atoms. The lowest BCUT2D eigenvalue weighted by Crippen LogP contribution is -2.53. The summed E-state index contributed by atoms with van der Waals surface area (Å²) in [6.45, 7) is 5.90. The van der Waals surface area contributed by atoms with Gasteiger partial charge in [0.25, 0.3) is 35.4 Å². The number of carboxylic acids is 2. The van der Waals surface area contributed by atoms with E-state index in [1.807, 2.05) is 0 Å². The van der Waals surface area contributed by atoms with E-state index < -0.39 is 65.8 Å². The van der Waals surface area contributed by atoms with Gasteiger partial charge in [-0.1, -0.05) is 24.3 Å². The number of fused-ring (bicyclic) bond motifs is 4. The average molecular weight is 2010 g/mol. The number of Topliss-reactive ketones (excluding diaryl/α,β-unsaturated/α-hetero) is 2. The van der Waals surface area contributed by atoms with Gasteiger partial charge in [0.1, 0.15) is 35.7 Å². The quantitative estimate of drug-likeness (QED) is 0.00984. The number of nitrogen functional groups attached to an aromatic ring is 2. The van der Waals surface area contributed by atoms with Crippen LogP contribution in [0.5, 0.6) is 0 Å². The van der Waals surface area contributed by atoms with Crippen LogP contribution in [0.2, 0.25) is 0 Å². The van der Waals surface area contributed by atoms with E-state index in [9.17, 15) is 105 Å². The molecule has 776 valence electrons. The number of rotatable bonds is 39. The maximum atomic E-state index is 12.9. The molecular weight excluding hydrogens is 1880 g/mol. The summed E-state index contributed by atoms with van der Waals surface area (Å²) in [6, 6.07) is 17.8. The number of imide groups is 4. The molecule has 14 N–H and O–H groups in total. The molecule has 0 spiro atoms. The molecule has 4 unspecified atom stereocenters. The first kappa shape index (κ1) is 119. The third kappa shape index (κ3) is 37.4. The number of nitrogens with two attached hydrogens (primary N) is 3. The van der Waals surface area contributed by atoms with Gasteiger partial charge in [-0.2, -0.15) is 0 Å². The van der Waals surface area contributed by atoms with Crippen molar-refractivity contribution in [3.05, 3.63) is 117 Å². The highest BCUT2D eigenvalue weighted by atomic mass is 35.5. The van der Waals surface area contributed by atoms with Crippen molar-refractivity contribution in [2.24, 2.45) is 5.73 Å². The van der Waals surface area contributed by atoms with Crippen LogP contribution in [-0.2, 0) is 141 Å². The lowest BCUT2D eigenvalue weighted by atomic mass is 10.0. The number of nitrogens with one attached hydrogen (secondary N) is 6. The van der Waals surface area contributed by atoms with Crippen LogP contribution >= 0.6 is 12.4 Å². The van der Waals surface area contributed by atoms with Gasteiger partial charge in [0.05, 0.1) is 25.7 Å². The van der Waals surface area contributed by atoms with Gasteiger partial charge in [0.15, 0.2) is 0 Å². The minimum Gasteiger partial charge on any atom is -0.481 e. The summed E-state index contributed by atoms with van der Waals surface area (Å²) in [6.07, 6.45) is 9.63. The van der Waals surface area contributed by atoms with Gasteiger partial charge in [-0.25, -0.2) is 0 Å². The number of carbonyl (C=O) groups excluding carboxylic acids is 20. The smallest absolute Gasteiger partial charge is 0.314 e. The molecule has 13 rings (SSSR count). The fraction of sp³-hybridized carbons (Fsp3) is 0.521. The fourth-order valence-corrected chi connectivity index (χ4v) is 15.5. The molecule has 45 nitrogen and oxygen atoms in total. The highest BCUT2D eigenvalue weighted by molar-refractivity contribution is 6.11. The monoisotopic (exact) mass is 2010 g/mol. The predicted molar refractivity (Wildman–Crippen MR) is 511 cm³/mol. The van der Waals surface area contributed by atoms with E-state index in [4.69, 9.17) is 51.1 Å². The van der Waals surface area contributed by atoms with Gasteiger partial charge in [-0.3, -0.25) is 126 Å². The summed E-state index contributed by atoms with van der Waals surface area (Å²) in [4.78, 5) is 264. The Morgan fingerprint density at radius 2 is 0.690 bits per heavy atom.